The largest absolute Gasteiger partial charge is 0.309 e. The minimum Gasteiger partial charge on any atom is -0.309 e. The summed E-state index contributed by atoms with van der Waals surface area (Å²) in [6.45, 7) is 5.79. The molecule has 1 saturated heterocycles. The molecular weight excluding hydrogens is 322 g/mol. The lowest BCUT2D eigenvalue weighted by Gasteiger charge is -2.23. The quantitative estimate of drug-likeness (QED) is 0.871. The summed E-state index contributed by atoms with van der Waals surface area (Å²) in [5.41, 5.74) is 0.965. The minimum atomic E-state index is -3.67. The van der Waals surface area contributed by atoms with Crippen LogP contribution in [0.2, 0.25) is 0 Å². The van der Waals surface area contributed by atoms with E-state index < -0.39 is 31.0 Å². The Morgan fingerprint density at radius 3 is 2.36 bits per heavy atom. The van der Waals surface area contributed by atoms with Crippen molar-refractivity contribution >= 4 is 19.7 Å². The van der Waals surface area contributed by atoms with Crippen molar-refractivity contribution in [1.29, 1.82) is 0 Å². The topological polar surface area (TPSA) is 80.3 Å². The van der Waals surface area contributed by atoms with Gasteiger partial charge in [0.05, 0.1) is 21.7 Å². The molecule has 0 radical (unpaired) electrons. The van der Waals surface area contributed by atoms with Crippen LogP contribution in [0.25, 0.3) is 0 Å². The lowest BCUT2D eigenvalue weighted by molar-refractivity contribution is 0.456. The molecule has 0 aromatic heterocycles. The van der Waals surface area contributed by atoms with Gasteiger partial charge in [-0.2, -0.15) is 0 Å². The van der Waals surface area contributed by atoms with Crippen LogP contribution >= 0.6 is 0 Å². The molecular formula is C15H23NO4S2. The fraction of sp³-hybridized carbons (Fsp3) is 0.600. The van der Waals surface area contributed by atoms with Gasteiger partial charge in [-0.1, -0.05) is 24.6 Å². The lowest BCUT2D eigenvalue weighted by atomic mass is 10.2. The summed E-state index contributed by atoms with van der Waals surface area (Å²) in [5.74, 6) is -0.426. The number of rotatable bonds is 5. The van der Waals surface area contributed by atoms with E-state index >= 15 is 0 Å². The van der Waals surface area contributed by atoms with Gasteiger partial charge in [-0.25, -0.2) is 16.8 Å². The molecule has 22 heavy (non-hydrogen) atoms. The highest BCUT2D eigenvalue weighted by Gasteiger charge is 2.45. The highest BCUT2D eigenvalue weighted by Crippen LogP contribution is 2.26. The normalized spacial score (nSPS) is 26.0. The molecule has 0 saturated carbocycles. The molecule has 0 bridgehead atoms. The van der Waals surface area contributed by atoms with E-state index in [4.69, 9.17) is 0 Å². The van der Waals surface area contributed by atoms with Crippen molar-refractivity contribution in [2.75, 3.05) is 11.5 Å². The number of aryl methyl sites for hydroxylation is 1. The van der Waals surface area contributed by atoms with E-state index in [1.807, 2.05) is 20.8 Å². The second kappa shape index (κ2) is 6.29. The van der Waals surface area contributed by atoms with Gasteiger partial charge in [0, 0.05) is 12.1 Å². The van der Waals surface area contributed by atoms with Crippen LogP contribution in [0.4, 0.5) is 0 Å². The third-order valence-electron chi connectivity index (χ3n) is 4.16. The Kier molecular flexibility index (Phi) is 4.99. The van der Waals surface area contributed by atoms with Gasteiger partial charge in [-0.3, -0.25) is 0 Å². The Hall–Kier alpha value is -0.920. The molecule has 1 aliphatic rings. The molecule has 0 unspecified atom stereocenters. The first kappa shape index (κ1) is 17.4. The van der Waals surface area contributed by atoms with Crippen molar-refractivity contribution in [3.8, 4) is 0 Å². The molecule has 1 aromatic rings. The van der Waals surface area contributed by atoms with Crippen LogP contribution in [0.15, 0.2) is 29.2 Å². The molecule has 0 spiro atoms. The summed E-state index contributed by atoms with van der Waals surface area (Å²) in [6, 6.07) is 6.09. The first-order chi connectivity index (χ1) is 10.2. The van der Waals surface area contributed by atoms with Crippen LogP contribution in [0.1, 0.15) is 25.8 Å². The van der Waals surface area contributed by atoms with Crippen LogP contribution in [-0.4, -0.2) is 45.7 Å². The maximum Gasteiger partial charge on any atom is 0.183 e. The molecule has 1 aliphatic heterocycles. The van der Waals surface area contributed by atoms with Crippen molar-refractivity contribution in [1.82, 2.24) is 5.32 Å². The highest BCUT2D eigenvalue weighted by molar-refractivity contribution is 7.96. The number of hydrogen-bond acceptors (Lipinski definition) is 5. The Morgan fingerprint density at radius 1 is 1.23 bits per heavy atom. The zero-order valence-electron chi connectivity index (χ0n) is 13.1. The number of sulfone groups is 2. The van der Waals surface area contributed by atoms with Crippen LogP contribution in [0.5, 0.6) is 0 Å². The predicted molar refractivity (Wildman–Crippen MR) is 87.5 cm³/mol. The second-order valence-electron chi connectivity index (χ2n) is 6.06. The maximum atomic E-state index is 12.8. The standard InChI is InChI=1S/C15H23NO4S2/c1-4-12(3)16-14-9-21(17,18)10-15(14)22(19,20)13-7-5-11(2)6-8-13/h5-8,12,14-16H,4,9-10H2,1-3H3/t12-,14+,15+/m1/s1. The summed E-state index contributed by atoms with van der Waals surface area (Å²) < 4.78 is 49.5. The van der Waals surface area contributed by atoms with Crippen molar-refractivity contribution in [2.45, 2.75) is 49.4 Å². The van der Waals surface area contributed by atoms with Crippen molar-refractivity contribution < 1.29 is 16.8 Å². The van der Waals surface area contributed by atoms with Crippen LogP contribution in [0, 0.1) is 6.92 Å². The van der Waals surface area contributed by atoms with Crippen molar-refractivity contribution in [3.05, 3.63) is 29.8 Å². The molecule has 7 heteroatoms. The number of benzene rings is 1. The summed E-state index contributed by atoms with van der Waals surface area (Å²) >= 11 is 0. The molecule has 1 fully saturated rings. The molecule has 1 N–H and O–H groups in total. The van der Waals surface area contributed by atoms with Gasteiger partial charge in [-0.05, 0) is 32.4 Å². The number of nitrogens with one attached hydrogen (secondary N) is 1. The molecule has 0 aliphatic carbocycles. The average Bonchev–Trinajstić information content (AvgIpc) is 2.74. The maximum absolute atomic E-state index is 12.8. The molecule has 1 aromatic carbocycles. The van der Waals surface area contributed by atoms with E-state index in [1.165, 1.54) is 0 Å². The molecule has 3 atom stereocenters. The molecule has 0 amide bonds. The van der Waals surface area contributed by atoms with Gasteiger partial charge in [-0.15, -0.1) is 0 Å². The van der Waals surface area contributed by atoms with Gasteiger partial charge in [0.2, 0.25) is 0 Å². The summed E-state index contributed by atoms with van der Waals surface area (Å²) in [6.07, 6.45) is 0.813. The fourth-order valence-corrected chi connectivity index (χ4v) is 7.34. The Bertz CT molecular complexity index is 723. The third kappa shape index (κ3) is 3.70. The first-order valence-electron chi connectivity index (χ1n) is 7.43. The molecule has 124 valence electrons. The second-order valence-corrected chi connectivity index (χ2v) is 10.4. The summed E-state index contributed by atoms with van der Waals surface area (Å²) in [4.78, 5) is 0.191. The van der Waals surface area contributed by atoms with Crippen molar-refractivity contribution in [2.24, 2.45) is 0 Å². The van der Waals surface area contributed by atoms with Gasteiger partial charge >= 0.3 is 0 Å². The lowest BCUT2D eigenvalue weighted by Crippen LogP contribution is -2.46. The van der Waals surface area contributed by atoms with Gasteiger partial charge in [0.25, 0.3) is 0 Å². The van der Waals surface area contributed by atoms with E-state index in [2.05, 4.69) is 5.32 Å². The molecule has 5 nitrogen and oxygen atoms in total. The molecule has 1 heterocycles. The van der Waals surface area contributed by atoms with E-state index in [0.717, 1.165) is 12.0 Å². The van der Waals surface area contributed by atoms with Gasteiger partial charge in [0.15, 0.2) is 19.7 Å². The Morgan fingerprint density at radius 2 is 1.82 bits per heavy atom. The zero-order valence-corrected chi connectivity index (χ0v) is 14.7. The van der Waals surface area contributed by atoms with Gasteiger partial charge < -0.3 is 5.32 Å². The fourth-order valence-electron chi connectivity index (χ4n) is 2.66. The number of hydrogen-bond donors (Lipinski definition) is 1. The average molecular weight is 345 g/mol. The smallest absolute Gasteiger partial charge is 0.183 e. The Labute approximate surface area is 133 Å². The first-order valence-corrected chi connectivity index (χ1v) is 10.8. The van der Waals surface area contributed by atoms with Crippen LogP contribution in [0.3, 0.4) is 0 Å². The summed E-state index contributed by atoms with van der Waals surface area (Å²) in [7, 11) is -7.01. The van der Waals surface area contributed by atoms with E-state index in [-0.39, 0.29) is 22.4 Å². The van der Waals surface area contributed by atoms with Gasteiger partial charge in [0.1, 0.15) is 0 Å². The minimum absolute atomic E-state index is 0.0778. The SMILES string of the molecule is CC[C@@H](C)N[C@H]1CS(=O)(=O)C[C@@H]1S(=O)(=O)c1ccc(C)cc1. The Balaban J connectivity index is 2.36. The third-order valence-corrected chi connectivity index (χ3v) is 8.33. The van der Waals surface area contributed by atoms with E-state index in [1.54, 1.807) is 24.3 Å². The summed E-state index contributed by atoms with van der Waals surface area (Å²) in [5, 5.41) is 2.24. The van der Waals surface area contributed by atoms with Crippen LogP contribution in [-0.2, 0) is 19.7 Å². The van der Waals surface area contributed by atoms with E-state index in [9.17, 15) is 16.8 Å². The molecule has 2 rings (SSSR count). The zero-order chi connectivity index (χ0) is 16.5. The predicted octanol–water partition coefficient (Wildman–Crippen LogP) is 1.32. The van der Waals surface area contributed by atoms with E-state index in [0.29, 0.717) is 0 Å². The van der Waals surface area contributed by atoms with Crippen LogP contribution < -0.4 is 5.32 Å². The highest BCUT2D eigenvalue weighted by atomic mass is 32.2. The van der Waals surface area contributed by atoms with Crippen molar-refractivity contribution in [3.63, 3.8) is 0 Å². The monoisotopic (exact) mass is 345 g/mol.